The van der Waals surface area contributed by atoms with E-state index in [4.69, 9.17) is 14.6 Å². The topological polar surface area (TPSA) is 105 Å². The molecular weight excluding hydrogens is 376 g/mol. The van der Waals surface area contributed by atoms with Gasteiger partial charge in [0.2, 0.25) is 5.91 Å². The maximum absolute atomic E-state index is 12.3. The van der Waals surface area contributed by atoms with Crippen LogP contribution in [-0.4, -0.2) is 42.6 Å². The maximum atomic E-state index is 12.3. The zero-order valence-corrected chi connectivity index (χ0v) is 15.5. The Labute approximate surface area is 167 Å². The van der Waals surface area contributed by atoms with Gasteiger partial charge in [-0.1, -0.05) is 18.2 Å². The van der Waals surface area contributed by atoms with Crippen LogP contribution in [0.2, 0.25) is 0 Å². The molecule has 2 N–H and O–H groups in total. The monoisotopic (exact) mass is 396 g/mol. The highest BCUT2D eigenvalue weighted by molar-refractivity contribution is 6.03. The molecule has 1 aliphatic heterocycles. The fourth-order valence-corrected chi connectivity index (χ4v) is 2.79. The van der Waals surface area contributed by atoms with E-state index in [0.717, 1.165) is 17.9 Å². The van der Waals surface area contributed by atoms with E-state index in [1.54, 1.807) is 23.1 Å². The van der Waals surface area contributed by atoms with Crippen molar-refractivity contribution in [2.24, 2.45) is 0 Å². The van der Waals surface area contributed by atoms with Crippen molar-refractivity contribution in [3.05, 3.63) is 60.7 Å². The Balaban J connectivity index is 1.60. The summed E-state index contributed by atoms with van der Waals surface area (Å²) in [6.45, 7) is 0.839. The van der Waals surface area contributed by atoms with Gasteiger partial charge in [-0.2, -0.15) is 0 Å². The van der Waals surface area contributed by atoms with Crippen LogP contribution < -0.4 is 19.7 Å². The Morgan fingerprint density at radius 2 is 1.97 bits per heavy atom. The number of rotatable bonds is 8. The summed E-state index contributed by atoms with van der Waals surface area (Å²) in [5.74, 6) is -0.695. The summed E-state index contributed by atoms with van der Waals surface area (Å²) in [5.41, 5.74) is 1.05. The van der Waals surface area contributed by atoms with Crippen molar-refractivity contribution in [3.63, 3.8) is 0 Å². The summed E-state index contributed by atoms with van der Waals surface area (Å²) in [5, 5.41) is 11.1. The average molecular weight is 396 g/mol. The van der Waals surface area contributed by atoms with Gasteiger partial charge in [0.1, 0.15) is 11.5 Å². The van der Waals surface area contributed by atoms with Crippen LogP contribution >= 0.6 is 0 Å². The summed E-state index contributed by atoms with van der Waals surface area (Å²) in [6, 6.07) is 14.3. The first-order valence-corrected chi connectivity index (χ1v) is 9.00. The second kappa shape index (κ2) is 9.41. The van der Waals surface area contributed by atoms with E-state index < -0.39 is 11.9 Å². The number of anilines is 2. The molecule has 0 saturated heterocycles. The van der Waals surface area contributed by atoms with Gasteiger partial charge in [-0.15, -0.1) is 0 Å². The average Bonchev–Trinajstić information content (AvgIpc) is 2.72. The maximum Gasteiger partial charge on any atom is 0.328 e. The zero-order chi connectivity index (χ0) is 20.6. The summed E-state index contributed by atoms with van der Waals surface area (Å²) < 4.78 is 11.1. The molecule has 0 fully saturated rings. The minimum Gasteiger partial charge on any atom is -0.494 e. The first-order chi connectivity index (χ1) is 14.0. The number of hydrogen-bond donors (Lipinski definition) is 2. The van der Waals surface area contributed by atoms with Gasteiger partial charge in [0.05, 0.1) is 12.3 Å². The highest BCUT2D eigenvalue weighted by atomic mass is 16.5. The van der Waals surface area contributed by atoms with Crippen molar-refractivity contribution in [2.45, 2.75) is 6.42 Å². The van der Waals surface area contributed by atoms with Gasteiger partial charge in [0, 0.05) is 30.5 Å². The zero-order valence-electron chi connectivity index (χ0n) is 15.5. The second-order valence-corrected chi connectivity index (χ2v) is 6.19. The third-order valence-corrected chi connectivity index (χ3v) is 4.09. The van der Waals surface area contributed by atoms with Gasteiger partial charge in [0.25, 0.3) is 5.91 Å². The summed E-state index contributed by atoms with van der Waals surface area (Å²) >= 11 is 0. The fraction of sp³-hybridized carbons (Fsp3) is 0.190. The largest absolute Gasteiger partial charge is 0.494 e. The number of carboxylic acid groups (broad SMARTS) is 1. The van der Waals surface area contributed by atoms with Crippen molar-refractivity contribution < 1.29 is 29.0 Å². The Morgan fingerprint density at radius 1 is 1.17 bits per heavy atom. The van der Waals surface area contributed by atoms with Crippen LogP contribution in [0.5, 0.6) is 11.5 Å². The molecular formula is C21H20N2O6. The quantitative estimate of drug-likeness (QED) is 0.525. The number of nitrogens with one attached hydrogen (secondary N) is 1. The highest BCUT2D eigenvalue weighted by Gasteiger charge is 2.25. The second-order valence-electron chi connectivity index (χ2n) is 6.19. The van der Waals surface area contributed by atoms with E-state index in [1.165, 1.54) is 0 Å². The van der Waals surface area contributed by atoms with Crippen LogP contribution in [0.3, 0.4) is 0 Å². The first kappa shape index (κ1) is 19.9. The normalized spacial score (nSPS) is 13.0. The summed E-state index contributed by atoms with van der Waals surface area (Å²) in [6.07, 6.45) is 2.31. The summed E-state index contributed by atoms with van der Waals surface area (Å²) in [4.78, 5) is 36.1. The van der Waals surface area contributed by atoms with Gasteiger partial charge in [-0.05, 0) is 30.7 Å². The van der Waals surface area contributed by atoms with E-state index in [9.17, 15) is 14.4 Å². The molecule has 2 aromatic rings. The molecule has 29 heavy (non-hydrogen) atoms. The molecule has 0 radical (unpaired) electrons. The van der Waals surface area contributed by atoms with Crippen LogP contribution in [0.25, 0.3) is 0 Å². The van der Waals surface area contributed by atoms with Gasteiger partial charge < -0.3 is 24.8 Å². The molecule has 2 amide bonds. The third-order valence-electron chi connectivity index (χ3n) is 4.09. The lowest BCUT2D eigenvalue weighted by Crippen LogP contribution is -2.39. The van der Waals surface area contributed by atoms with Crippen LogP contribution in [0, 0.1) is 0 Å². The molecule has 150 valence electrons. The molecule has 0 atom stereocenters. The molecule has 1 aliphatic rings. The van der Waals surface area contributed by atoms with Crippen molar-refractivity contribution >= 4 is 29.2 Å². The molecule has 8 heteroatoms. The van der Waals surface area contributed by atoms with Crippen molar-refractivity contribution in [2.75, 3.05) is 30.0 Å². The van der Waals surface area contributed by atoms with Gasteiger partial charge in [-0.3, -0.25) is 9.59 Å². The number of para-hydroxylation sites is 1. The SMILES string of the molecule is O=C(O)/C=C/C(=O)Nc1ccc2c(c1)OCC(=O)N2CCCOc1ccccc1. The molecule has 2 aromatic carbocycles. The standard InChI is InChI=1S/C21H20N2O6/c24-19(9-10-21(26)27)22-15-7-8-17-18(13-15)29-14-20(25)23(17)11-4-12-28-16-5-2-1-3-6-16/h1-3,5-10,13H,4,11-12,14H2,(H,22,24)(H,26,27)/b10-9+. The number of ether oxygens (including phenoxy) is 2. The predicted octanol–water partition coefficient (Wildman–Crippen LogP) is 2.46. The third kappa shape index (κ3) is 5.58. The Hall–Kier alpha value is -3.81. The van der Waals surface area contributed by atoms with Gasteiger partial charge >= 0.3 is 5.97 Å². The highest BCUT2D eigenvalue weighted by Crippen LogP contribution is 2.34. The lowest BCUT2D eigenvalue weighted by atomic mass is 10.2. The summed E-state index contributed by atoms with van der Waals surface area (Å²) in [7, 11) is 0. The van der Waals surface area contributed by atoms with Crippen LogP contribution in [0.4, 0.5) is 11.4 Å². The van der Waals surface area contributed by atoms with E-state index in [-0.39, 0.29) is 12.5 Å². The van der Waals surface area contributed by atoms with Gasteiger partial charge in [0.15, 0.2) is 6.61 Å². The van der Waals surface area contributed by atoms with Crippen LogP contribution in [0.15, 0.2) is 60.7 Å². The molecule has 0 saturated carbocycles. The molecule has 0 bridgehead atoms. The van der Waals surface area contributed by atoms with Crippen molar-refractivity contribution in [1.82, 2.24) is 0 Å². The molecule has 1 heterocycles. The first-order valence-electron chi connectivity index (χ1n) is 9.00. The number of nitrogens with zero attached hydrogens (tertiary/aromatic N) is 1. The van der Waals surface area contributed by atoms with E-state index >= 15 is 0 Å². The van der Waals surface area contributed by atoms with E-state index in [1.807, 2.05) is 30.3 Å². The lowest BCUT2D eigenvalue weighted by molar-refractivity contribution is -0.131. The Bertz CT molecular complexity index is 926. The molecule has 0 unspecified atom stereocenters. The van der Waals surface area contributed by atoms with E-state index in [0.29, 0.717) is 36.7 Å². The lowest BCUT2D eigenvalue weighted by Gasteiger charge is -2.29. The van der Waals surface area contributed by atoms with Crippen molar-refractivity contribution in [1.29, 1.82) is 0 Å². The molecule has 0 aromatic heterocycles. The Kier molecular flexibility index (Phi) is 6.47. The Morgan fingerprint density at radius 3 is 2.72 bits per heavy atom. The molecule has 3 rings (SSSR count). The number of benzene rings is 2. The number of aliphatic carboxylic acids is 1. The number of hydrogen-bond acceptors (Lipinski definition) is 5. The number of carboxylic acids is 1. The van der Waals surface area contributed by atoms with Crippen molar-refractivity contribution in [3.8, 4) is 11.5 Å². The van der Waals surface area contributed by atoms with Crippen LogP contribution in [-0.2, 0) is 14.4 Å². The smallest absolute Gasteiger partial charge is 0.328 e. The van der Waals surface area contributed by atoms with Crippen LogP contribution in [0.1, 0.15) is 6.42 Å². The number of carbonyl (C=O) groups excluding carboxylic acids is 2. The number of carbonyl (C=O) groups is 3. The molecule has 0 spiro atoms. The molecule has 8 nitrogen and oxygen atoms in total. The number of amides is 2. The minimum atomic E-state index is -1.21. The van der Waals surface area contributed by atoms with E-state index in [2.05, 4.69) is 5.32 Å². The molecule has 0 aliphatic carbocycles. The fourth-order valence-electron chi connectivity index (χ4n) is 2.79. The minimum absolute atomic E-state index is 0.0944. The number of fused-ring (bicyclic) bond motifs is 1. The van der Waals surface area contributed by atoms with Gasteiger partial charge in [-0.25, -0.2) is 4.79 Å². The predicted molar refractivity (Wildman–Crippen MR) is 106 cm³/mol.